The molecular formula is C36H39N5O2. The number of nitrogens with zero attached hydrogens (tertiary/aromatic N) is 2. The first-order chi connectivity index (χ1) is 21.1. The molecule has 2 amide bonds. The van der Waals surface area contributed by atoms with Crippen LogP contribution in [0.15, 0.2) is 102 Å². The van der Waals surface area contributed by atoms with Crippen molar-refractivity contribution in [1.29, 1.82) is 0 Å². The molecule has 220 valence electrons. The topological polar surface area (TPSA) is 85.8 Å². The zero-order valence-corrected chi connectivity index (χ0v) is 24.5. The van der Waals surface area contributed by atoms with E-state index < -0.39 is 6.04 Å². The summed E-state index contributed by atoms with van der Waals surface area (Å²) in [6.45, 7) is 3.76. The van der Waals surface area contributed by atoms with Gasteiger partial charge in [-0.2, -0.15) is 0 Å². The Kier molecular flexibility index (Phi) is 9.09. The lowest BCUT2D eigenvalue weighted by molar-refractivity contribution is -0.135. The second-order valence-electron chi connectivity index (χ2n) is 11.4. The molecule has 0 saturated carbocycles. The summed E-state index contributed by atoms with van der Waals surface area (Å²) in [7, 11) is 0. The molecule has 4 aromatic carbocycles. The molecule has 2 unspecified atom stereocenters. The number of nitrogens with one attached hydrogen (secondary N) is 3. The minimum Gasteiger partial charge on any atom is -0.368 e. The van der Waals surface area contributed by atoms with Gasteiger partial charge in [0.05, 0.1) is 6.54 Å². The van der Waals surface area contributed by atoms with Crippen molar-refractivity contribution in [3.63, 3.8) is 0 Å². The van der Waals surface area contributed by atoms with Gasteiger partial charge < -0.3 is 20.9 Å². The van der Waals surface area contributed by atoms with E-state index in [9.17, 15) is 9.59 Å². The molecule has 2 aliphatic heterocycles. The number of carbonyl (C=O) groups excluding carboxylic acids is 2. The number of fused-ring (bicyclic) bond motifs is 1. The summed E-state index contributed by atoms with van der Waals surface area (Å²) in [4.78, 5) is 33.6. The van der Waals surface area contributed by atoms with Crippen molar-refractivity contribution in [2.45, 2.75) is 44.3 Å². The average Bonchev–Trinajstić information content (AvgIpc) is 3.79. The van der Waals surface area contributed by atoms with E-state index in [1.807, 2.05) is 71.6 Å². The zero-order valence-electron chi connectivity index (χ0n) is 24.5. The van der Waals surface area contributed by atoms with Gasteiger partial charge in [-0.1, -0.05) is 91.0 Å². The first-order valence-corrected chi connectivity index (χ1v) is 15.3. The van der Waals surface area contributed by atoms with Crippen LogP contribution in [-0.4, -0.2) is 54.8 Å². The van der Waals surface area contributed by atoms with E-state index in [1.54, 1.807) is 0 Å². The third kappa shape index (κ3) is 7.30. The fourth-order valence-corrected chi connectivity index (χ4v) is 6.01. The van der Waals surface area contributed by atoms with Crippen molar-refractivity contribution < 1.29 is 9.59 Å². The van der Waals surface area contributed by atoms with Crippen molar-refractivity contribution in [3.8, 4) is 0 Å². The first-order valence-electron chi connectivity index (χ1n) is 15.3. The fraction of sp³-hybridized carbons (Fsp3) is 0.306. The third-order valence-electron chi connectivity index (χ3n) is 8.35. The predicted octanol–water partition coefficient (Wildman–Crippen LogP) is 4.76. The Morgan fingerprint density at radius 3 is 2.30 bits per heavy atom. The third-order valence-corrected chi connectivity index (χ3v) is 8.35. The molecule has 3 N–H and O–H groups in total. The van der Waals surface area contributed by atoms with Gasteiger partial charge in [-0.05, 0) is 46.4 Å². The van der Waals surface area contributed by atoms with E-state index in [2.05, 4.69) is 51.3 Å². The number of likely N-dealkylation sites (tertiary alicyclic amines) is 1. The number of carbonyl (C=O) groups is 2. The predicted molar refractivity (Wildman–Crippen MR) is 172 cm³/mol. The molecule has 4 aromatic rings. The van der Waals surface area contributed by atoms with Gasteiger partial charge in [-0.3, -0.25) is 14.6 Å². The molecule has 0 aromatic heterocycles. The largest absolute Gasteiger partial charge is 0.368 e. The number of rotatable bonds is 11. The number of amides is 2. The minimum absolute atomic E-state index is 0.00264. The smallest absolute Gasteiger partial charge is 0.245 e. The van der Waals surface area contributed by atoms with Crippen molar-refractivity contribution in [2.75, 3.05) is 26.2 Å². The summed E-state index contributed by atoms with van der Waals surface area (Å²) in [5, 5.41) is 12.4. The number of hydrogen-bond acceptors (Lipinski definition) is 5. The molecule has 2 aliphatic rings. The highest BCUT2D eigenvalue weighted by molar-refractivity contribution is 5.99. The molecule has 1 saturated heterocycles. The second-order valence-corrected chi connectivity index (χ2v) is 11.4. The highest BCUT2D eigenvalue weighted by Gasteiger charge is 2.29. The van der Waals surface area contributed by atoms with Gasteiger partial charge in [-0.15, -0.1) is 0 Å². The Morgan fingerprint density at radius 2 is 1.56 bits per heavy atom. The van der Waals surface area contributed by atoms with E-state index in [1.165, 1.54) is 10.8 Å². The van der Waals surface area contributed by atoms with Crippen LogP contribution in [0, 0.1) is 0 Å². The van der Waals surface area contributed by atoms with Crippen LogP contribution in [0.2, 0.25) is 0 Å². The molecule has 7 heteroatoms. The van der Waals surface area contributed by atoms with Crippen LogP contribution in [0.25, 0.3) is 10.8 Å². The molecule has 6 rings (SSSR count). The average molecular weight is 574 g/mol. The minimum atomic E-state index is -0.615. The van der Waals surface area contributed by atoms with E-state index in [-0.39, 0.29) is 24.3 Å². The maximum atomic E-state index is 13.6. The van der Waals surface area contributed by atoms with E-state index in [4.69, 9.17) is 0 Å². The van der Waals surface area contributed by atoms with Gasteiger partial charge in [0.25, 0.3) is 0 Å². The number of aliphatic imine (C=N–C) groups is 1. The lowest BCUT2D eigenvalue weighted by Gasteiger charge is -2.26. The van der Waals surface area contributed by atoms with E-state index >= 15 is 0 Å². The molecule has 0 aliphatic carbocycles. The Balaban J connectivity index is 1.16. The maximum absolute atomic E-state index is 13.6. The standard InChI is InChI=1S/C36H39N5O2/c42-34(24-32(29-9-2-1-3-10-29)39-25-27-14-15-28-8-4-5-11-31(28)22-27)40-33(36(43)41-20-6-7-21-41)23-26-12-16-30(17-13-26)35-37-18-19-38-35/h1-5,8-17,22,32-33,39H,6-7,18-21,23-25H2,(H,37,38)(H,40,42). The SMILES string of the molecule is O=C(CC(NCc1ccc2ccccc2c1)c1ccccc1)NC(Cc1ccc(C2=NCCN2)cc1)C(=O)N1CCCC1. The summed E-state index contributed by atoms with van der Waals surface area (Å²) in [5.74, 6) is 0.767. The van der Waals surface area contributed by atoms with Crippen LogP contribution in [0.3, 0.4) is 0 Å². The summed E-state index contributed by atoms with van der Waals surface area (Å²) in [6.07, 6.45) is 2.68. The first kappa shape index (κ1) is 28.6. The molecule has 7 nitrogen and oxygen atoms in total. The summed E-state index contributed by atoms with van der Waals surface area (Å²) in [5.41, 5.74) is 4.24. The van der Waals surface area contributed by atoms with Crippen LogP contribution in [-0.2, 0) is 22.6 Å². The monoisotopic (exact) mass is 573 g/mol. The Labute approximate surface area is 253 Å². The summed E-state index contributed by atoms with van der Waals surface area (Å²) >= 11 is 0. The Morgan fingerprint density at radius 1 is 0.837 bits per heavy atom. The van der Waals surface area contributed by atoms with Gasteiger partial charge in [0, 0.05) is 50.6 Å². The zero-order chi connectivity index (χ0) is 29.4. The highest BCUT2D eigenvalue weighted by atomic mass is 16.2. The quantitative estimate of drug-likeness (QED) is 0.242. The van der Waals surface area contributed by atoms with Crippen molar-refractivity contribution in [2.24, 2.45) is 4.99 Å². The van der Waals surface area contributed by atoms with Crippen LogP contribution >= 0.6 is 0 Å². The molecule has 2 heterocycles. The van der Waals surface area contributed by atoms with Crippen LogP contribution in [0.5, 0.6) is 0 Å². The highest BCUT2D eigenvalue weighted by Crippen LogP contribution is 2.21. The van der Waals surface area contributed by atoms with Crippen LogP contribution in [0.1, 0.15) is 47.6 Å². The normalized spacial score (nSPS) is 16.0. The fourth-order valence-electron chi connectivity index (χ4n) is 6.01. The van der Waals surface area contributed by atoms with Crippen LogP contribution < -0.4 is 16.0 Å². The van der Waals surface area contributed by atoms with E-state index in [0.29, 0.717) is 13.0 Å². The van der Waals surface area contributed by atoms with Crippen LogP contribution in [0.4, 0.5) is 0 Å². The van der Waals surface area contributed by atoms with Crippen molar-refractivity contribution >= 4 is 28.4 Å². The van der Waals surface area contributed by atoms with Gasteiger partial charge >= 0.3 is 0 Å². The molecule has 43 heavy (non-hydrogen) atoms. The van der Waals surface area contributed by atoms with Gasteiger partial charge in [0.2, 0.25) is 11.8 Å². The lowest BCUT2D eigenvalue weighted by atomic mass is 10.0. The molecule has 2 atom stereocenters. The Hall–Kier alpha value is -4.49. The van der Waals surface area contributed by atoms with E-state index in [0.717, 1.165) is 67.1 Å². The summed E-state index contributed by atoms with van der Waals surface area (Å²) < 4.78 is 0. The van der Waals surface area contributed by atoms with Gasteiger partial charge in [0.1, 0.15) is 11.9 Å². The molecular weight excluding hydrogens is 534 g/mol. The van der Waals surface area contributed by atoms with Gasteiger partial charge in [0.15, 0.2) is 0 Å². The Bertz CT molecular complexity index is 1580. The van der Waals surface area contributed by atoms with Gasteiger partial charge in [-0.25, -0.2) is 0 Å². The summed E-state index contributed by atoms with van der Waals surface area (Å²) in [6, 6.07) is 32.2. The van der Waals surface area contributed by atoms with Crippen molar-refractivity contribution in [3.05, 3.63) is 119 Å². The number of benzene rings is 4. The molecule has 0 spiro atoms. The maximum Gasteiger partial charge on any atom is 0.245 e. The number of hydrogen-bond donors (Lipinski definition) is 3. The molecule has 0 bridgehead atoms. The number of amidine groups is 1. The molecule has 0 radical (unpaired) electrons. The molecule has 1 fully saturated rings. The lowest BCUT2D eigenvalue weighted by Crippen LogP contribution is -2.49. The van der Waals surface area contributed by atoms with Crippen molar-refractivity contribution in [1.82, 2.24) is 20.9 Å². The second kappa shape index (κ2) is 13.7.